The third kappa shape index (κ3) is 8.41. The molecule has 31 heavy (non-hydrogen) atoms. The molecule has 0 aliphatic rings. The van der Waals surface area contributed by atoms with E-state index in [0.717, 1.165) is 23.3 Å². The molecule has 0 heterocycles. The van der Waals surface area contributed by atoms with E-state index >= 15 is 0 Å². The summed E-state index contributed by atoms with van der Waals surface area (Å²) in [5, 5.41) is 3.01. The van der Waals surface area contributed by atoms with Crippen molar-refractivity contribution in [3.63, 3.8) is 0 Å². The number of hydrogen-bond donors (Lipinski definition) is 1. The highest BCUT2D eigenvalue weighted by atomic mass is 32.2. The Morgan fingerprint density at radius 3 is 2.16 bits per heavy atom. The Morgan fingerprint density at radius 1 is 0.968 bits per heavy atom. The van der Waals surface area contributed by atoms with Crippen molar-refractivity contribution in [1.82, 2.24) is 10.2 Å². The summed E-state index contributed by atoms with van der Waals surface area (Å²) in [5.41, 5.74) is 3.45. The molecule has 1 N–H and O–H groups in total. The normalized spacial score (nSPS) is 11.7. The molecule has 0 radical (unpaired) electrons. The highest BCUT2D eigenvalue weighted by molar-refractivity contribution is 7.99. The third-order valence-electron chi connectivity index (χ3n) is 5.29. The maximum absolute atomic E-state index is 13.2. The molecule has 2 aromatic carbocycles. The van der Waals surface area contributed by atoms with Gasteiger partial charge in [-0.25, -0.2) is 0 Å². The molecule has 168 valence electrons. The van der Waals surface area contributed by atoms with Crippen LogP contribution in [0, 0.1) is 13.8 Å². The van der Waals surface area contributed by atoms with Crippen LogP contribution < -0.4 is 5.32 Å². The number of aryl methyl sites for hydroxylation is 2. The summed E-state index contributed by atoms with van der Waals surface area (Å²) in [5.74, 6) is 0.667. The van der Waals surface area contributed by atoms with Crippen LogP contribution in [-0.2, 0) is 16.1 Å². The van der Waals surface area contributed by atoms with Crippen molar-refractivity contribution >= 4 is 23.6 Å². The van der Waals surface area contributed by atoms with Crippen molar-refractivity contribution < 1.29 is 9.59 Å². The largest absolute Gasteiger partial charge is 0.354 e. The molecule has 0 fully saturated rings. The van der Waals surface area contributed by atoms with E-state index in [4.69, 9.17) is 0 Å². The molecule has 0 bridgehead atoms. The maximum atomic E-state index is 13.2. The molecular weight excluding hydrogens is 404 g/mol. The van der Waals surface area contributed by atoms with Gasteiger partial charge < -0.3 is 10.2 Å². The van der Waals surface area contributed by atoms with Gasteiger partial charge in [-0.3, -0.25) is 9.59 Å². The van der Waals surface area contributed by atoms with Crippen molar-refractivity contribution in [1.29, 1.82) is 0 Å². The summed E-state index contributed by atoms with van der Waals surface area (Å²) in [7, 11) is 0. The summed E-state index contributed by atoms with van der Waals surface area (Å²) < 4.78 is 0. The first kappa shape index (κ1) is 25.0. The highest BCUT2D eigenvalue weighted by Gasteiger charge is 2.28. The summed E-state index contributed by atoms with van der Waals surface area (Å²) in [6.07, 6.45) is 2.98. The minimum absolute atomic E-state index is 0.0256. The molecule has 1 atom stereocenters. The Hall–Kier alpha value is -2.27. The minimum Gasteiger partial charge on any atom is -0.354 e. The van der Waals surface area contributed by atoms with Crippen LogP contribution in [0.15, 0.2) is 53.4 Å². The average molecular weight is 441 g/mol. The van der Waals surface area contributed by atoms with E-state index in [1.54, 1.807) is 16.7 Å². The fraction of sp³-hybridized carbons (Fsp3) is 0.462. The summed E-state index contributed by atoms with van der Waals surface area (Å²) in [4.78, 5) is 29.0. The van der Waals surface area contributed by atoms with E-state index in [-0.39, 0.29) is 11.8 Å². The predicted octanol–water partition coefficient (Wildman–Crippen LogP) is 5.51. The number of thioether (sulfide) groups is 1. The second kappa shape index (κ2) is 13.2. The number of carbonyl (C=O) groups excluding carboxylic acids is 2. The number of hydrogen-bond acceptors (Lipinski definition) is 3. The number of unbranched alkanes of at least 4 members (excludes halogenated alkanes) is 1. The van der Waals surface area contributed by atoms with Gasteiger partial charge in [-0.15, -0.1) is 11.8 Å². The van der Waals surface area contributed by atoms with Crippen LogP contribution in [0.4, 0.5) is 0 Å². The molecule has 2 rings (SSSR count). The lowest BCUT2D eigenvalue weighted by Gasteiger charge is -2.30. The zero-order chi connectivity index (χ0) is 22.6. The van der Waals surface area contributed by atoms with Gasteiger partial charge in [-0.2, -0.15) is 0 Å². The number of benzene rings is 2. The first-order valence-electron chi connectivity index (χ1n) is 11.3. The lowest BCUT2D eigenvalue weighted by atomic mass is 10.1. The molecule has 0 saturated carbocycles. The van der Waals surface area contributed by atoms with Crippen LogP contribution in [-0.4, -0.2) is 35.1 Å². The van der Waals surface area contributed by atoms with Gasteiger partial charge in [0.15, 0.2) is 0 Å². The zero-order valence-corrected chi connectivity index (χ0v) is 20.1. The summed E-state index contributed by atoms with van der Waals surface area (Å²) in [6, 6.07) is 16.1. The fourth-order valence-electron chi connectivity index (χ4n) is 3.35. The maximum Gasteiger partial charge on any atom is 0.242 e. The summed E-state index contributed by atoms with van der Waals surface area (Å²) in [6.45, 7) is 9.29. The average Bonchev–Trinajstić information content (AvgIpc) is 2.76. The number of rotatable bonds is 12. The van der Waals surface area contributed by atoms with Crippen molar-refractivity contribution in [2.75, 3.05) is 12.3 Å². The van der Waals surface area contributed by atoms with Gasteiger partial charge >= 0.3 is 0 Å². The smallest absolute Gasteiger partial charge is 0.242 e. The Labute approximate surface area is 191 Å². The van der Waals surface area contributed by atoms with Crippen LogP contribution >= 0.6 is 11.8 Å². The lowest BCUT2D eigenvalue weighted by Crippen LogP contribution is -2.49. The van der Waals surface area contributed by atoms with E-state index in [0.29, 0.717) is 31.7 Å². The van der Waals surface area contributed by atoms with Crippen molar-refractivity contribution in [2.45, 2.75) is 70.9 Å². The van der Waals surface area contributed by atoms with Gasteiger partial charge in [0, 0.05) is 30.2 Å². The van der Waals surface area contributed by atoms with Crippen LogP contribution in [0.25, 0.3) is 0 Å². The molecule has 0 aliphatic heterocycles. The Kier molecular flexibility index (Phi) is 10.6. The molecule has 0 spiro atoms. The zero-order valence-electron chi connectivity index (χ0n) is 19.3. The Morgan fingerprint density at radius 2 is 1.58 bits per heavy atom. The number of nitrogens with one attached hydrogen (secondary N) is 1. The number of nitrogens with zero attached hydrogens (tertiary/aromatic N) is 1. The van der Waals surface area contributed by atoms with Crippen molar-refractivity contribution in [3.8, 4) is 0 Å². The molecular formula is C26H36N2O2S. The third-order valence-corrected chi connectivity index (χ3v) is 6.31. The minimum atomic E-state index is -0.449. The standard InChI is InChI=1S/C26H36N2O2S/c1-5-7-17-27-26(30)24(6-2)28(19-22-12-8-20(3)9-13-22)25(29)16-18-31-23-14-10-21(4)11-15-23/h8-15,24H,5-7,16-19H2,1-4H3,(H,27,30)/t24-/m1/s1. The Balaban J connectivity index is 2.08. The van der Waals surface area contributed by atoms with Gasteiger partial charge in [0.25, 0.3) is 0 Å². The predicted molar refractivity (Wildman–Crippen MR) is 130 cm³/mol. The highest BCUT2D eigenvalue weighted by Crippen LogP contribution is 2.21. The van der Waals surface area contributed by atoms with Crippen LogP contribution in [0.3, 0.4) is 0 Å². The van der Waals surface area contributed by atoms with Gasteiger partial charge in [-0.1, -0.05) is 67.8 Å². The lowest BCUT2D eigenvalue weighted by molar-refractivity contribution is -0.141. The Bertz CT molecular complexity index is 818. The van der Waals surface area contributed by atoms with E-state index in [2.05, 4.69) is 43.4 Å². The molecule has 0 aliphatic carbocycles. The topological polar surface area (TPSA) is 49.4 Å². The van der Waals surface area contributed by atoms with Gasteiger partial charge in [0.1, 0.15) is 6.04 Å². The quantitative estimate of drug-likeness (QED) is 0.350. The molecule has 0 unspecified atom stereocenters. The molecule has 2 aromatic rings. The molecule has 0 aromatic heterocycles. The van der Waals surface area contributed by atoms with Crippen molar-refractivity contribution in [2.24, 2.45) is 0 Å². The second-order valence-corrected chi connectivity index (χ2v) is 9.16. The van der Waals surface area contributed by atoms with Gasteiger partial charge in [-0.05, 0) is 44.4 Å². The SMILES string of the molecule is CCCCNC(=O)[C@@H](CC)N(Cc1ccc(C)cc1)C(=O)CCSc1ccc(C)cc1. The number of carbonyl (C=O) groups is 2. The van der Waals surface area contributed by atoms with Gasteiger partial charge in [0.05, 0.1) is 0 Å². The fourth-order valence-corrected chi connectivity index (χ4v) is 4.19. The van der Waals surface area contributed by atoms with E-state index in [1.807, 2.05) is 38.1 Å². The molecule has 4 nitrogen and oxygen atoms in total. The second-order valence-electron chi connectivity index (χ2n) is 7.99. The van der Waals surface area contributed by atoms with E-state index in [1.165, 1.54) is 11.1 Å². The molecule has 0 saturated heterocycles. The molecule has 5 heteroatoms. The summed E-state index contributed by atoms with van der Waals surface area (Å²) >= 11 is 1.68. The van der Waals surface area contributed by atoms with Crippen molar-refractivity contribution in [3.05, 3.63) is 65.2 Å². The van der Waals surface area contributed by atoms with Crippen LogP contribution in [0.5, 0.6) is 0 Å². The number of amides is 2. The molecule has 2 amide bonds. The van der Waals surface area contributed by atoms with E-state index in [9.17, 15) is 9.59 Å². The van der Waals surface area contributed by atoms with Crippen LogP contribution in [0.2, 0.25) is 0 Å². The van der Waals surface area contributed by atoms with Crippen LogP contribution in [0.1, 0.15) is 56.2 Å². The first-order valence-corrected chi connectivity index (χ1v) is 12.2. The first-order chi connectivity index (χ1) is 14.9. The van der Waals surface area contributed by atoms with E-state index < -0.39 is 6.04 Å². The van der Waals surface area contributed by atoms with Gasteiger partial charge in [0.2, 0.25) is 11.8 Å². The monoisotopic (exact) mass is 440 g/mol.